The van der Waals surface area contributed by atoms with Gasteiger partial charge in [-0.05, 0) is 70.6 Å². The fourth-order valence-electron chi connectivity index (χ4n) is 5.20. The largest absolute Gasteiger partial charge is 0.472 e. The van der Waals surface area contributed by atoms with E-state index in [9.17, 15) is 19.0 Å². The van der Waals surface area contributed by atoms with Gasteiger partial charge in [0.1, 0.15) is 6.61 Å². The fourth-order valence-corrected chi connectivity index (χ4v) is 5.97. The van der Waals surface area contributed by atoms with E-state index in [1.54, 1.807) is 0 Å². The molecule has 0 aromatic rings. The molecule has 0 aliphatic heterocycles. The number of esters is 2. The lowest BCUT2D eigenvalue weighted by Crippen LogP contribution is -2.29. The van der Waals surface area contributed by atoms with E-state index in [1.165, 1.54) is 19.3 Å². The first kappa shape index (κ1) is 52.2. The number of unbranched alkanes of at least 4 members (excludes halogenated alkanes) is 11. The van der Waals surface area contributed by atoms with Gasteiger partial charge in [-0.15, -0.1) is 0 Å². The van der Waals surface area contributed by atoms with Crippen LogP contribution in [0.25, 0.3) is 0 Å². The van der Waals surface area contributed by atoms with Gasteiger partial charge in [0.2, 0.25) is 0 Å². The molecule has 0 saturated carbocycles. The predicted molar refractivity (Wildman–Crippen MR) is 229 cm³/mol. The highest BCUT2D eigenvalue weighted by molar-refractivity contribution is 7.47. The van der Waals surface area contributed by atoms with Crippen LogP contribution in [0, 0.1) is 0 Å². The molecule has 55 heavy (non-hydrogen) atoms. The standard InChI is InChI=1S/C45H76NO8P/c1-3-5-7-9-10-11-12-13-14-15-16-17-18-19-20-21-22-23-24-25-26-27-28-29-30-31-32-34-36-38-45(48)54-43(42-53-55(49,50)52-40-39-46)41-51-44(47)37-35-33-8-6-4-2/h5,7,10-11,13-14,16-17,19-20,22-23,25-26,43H,3-4,6,8-9,12,15,18,21,24,27-42,46H2,1-2H3,(H,49,50)/b7-5-,11-10-,14-13-,17-16-,20-19-,23-22-,26-25-. The molecular formula is C45H76NO8P. The van der Waals surface area contributed by atoms with Crippen molar-refractivity contribution in [3.63, 3.8) is 0 Å². The second-order valence-electron chi connectivity index (χ2n) is 13.5. The Hall–Kier alpha value is -2.81. The summed E-state index contributed by atoms with van der Waals surface area (Å²) in [6.45, 7) is 3.48. The van der Waals surface area contributed by atoms with Gasteiger partial charge in [-0.3, -0.25) is 18.6 Å². The lowest BCUT2D eigenvalue weighted by Gasteiger charge is -2.19. The summed E-state index contributed by atoms with van der Waals surface area (Å²) < 4.78 is 32.5. The van der Waals surface area contributed by atoms with Gasteiger partial charge in [-0.25, -0.2) is 4.57 Å². The van der Waals surface area contributed by atoms with Crippen molar-refractivity contribution in [2.45, 2.75) is 161 Å². The Morgan fingerprint density at radius 3 is 1.49 bits per heavy atom. The van der Waals surface area contributed by atoms with E-state index in [0.717, 1.165) is 103 Å². The summed E-state index contributed by atoms with van der Waals surface area (Å²) in [6.07, 6.45) is 51.0. The quantitative estimate of drug-likeness (QED) is 0.0271. The summed E-state index contributed by atoms with van der Waals surface area (Å²) in [7, 11) is -4.37. The van der Waals surface area contributed by atoms with Crippen LogP contribution in [0.2, 0.25) is 0 Å². The molecule has 0 aliphatic carbocycles. The van der Waals surface area contributed by atoms with E-state index >= 15 is 0 Å². The maximum atomic E-state index is 12.5. The number of phosphoric ester groups is 1. The van der Waals surface area contributed by atoms with E-state index in [4.69, 9.17) is 24.3 Å². The van der Waals surface area contributed by atoms with Gasteiger partial charge < -0.3 is 20.1 Å². The van der Waals surface area contributed by atoms with E-state index in [-0.39, 0.29) is 32.6 Å². The third kappa shape index (κ3) is 40.7. The average Bonchev–Trinajstić information content (AvgIpc) is 3.17. The molecule has 0 fully saturated rings. The van der Waals surface area contributed by atoms with Crippen LogP contribution < -0.4 is 5.73 Å². The number of ether oxygens (including phenoxy) is 2. The molecule has 2 atom stereocenters. The zero-order valence-corrected chi connectivity index (χ0v) is 35.3. The van der Waals surface area contributed by atoms with Gasteiger partial charge in [0.15, 0.2) is 6.10 Å². The number of carbonyl (C=O) groups excluding carboxylic acids is 2. The van der Waals surface area contributed by atoms with Crippen LogP contribution in [0.4, 0.5) is 0 Å². The van der Waals surface area contributed by atoms with Gasteiger partial charge in [0.25, 0.3) is 0 Å². The first-order valence-corrected chi connectivity index (χ1v) is 22.6. The minimum Gasteiger partial charge on any atom is -0.462 e. The zero-order valence-electron chi connectivity index (χ0n) is 34.4. The molecule has 0 amide bonds. The Bertz CT molecular complexity index is 1170. The minimum absolute atomic E-state index is 0.0475. The fraction of sp³-hybridized carbons (Fsp3) is 0.644. The molecule has 2 unspecified atom stereocenters. The molecule has 0 aromatic carbocycles. The summed E-state index contributed by atoms with van der Waals surface area (Å²) in [6, 6.07) is 0. The highest BCUT2D eigenvalue weighted by Gasteiger charge is 2.25. The molecule has 0 aromatic heterocycles. The van der Waals surface area contributed by atoms with Crippen molar-refractivity contribution in [3.05, 3.63) is 85.1 Å². The Labute approximate surface area is 334 Å². The summed E-state index contributed by atoms with van der Waals surface area (Å²) >= 11 is 0. The molecule has 0 rings (SSSR count). The van der Waals surface area contributed by atoms with Crippen molar-refractivity contribution in [3.8, 4) is 0 Å². The molecule has 9 nitrogen and oxygen atoms in total. The SMILES string of the molecule is CC/C=C\C/C=C\C/C=C\C/C=C\C/C=C\C/C=C\C/C=C\CCCCCCCCCC(=O)OC(COC(=O)CCCCCCC)COP(=O)(O)OCCN. The average molecular weight is 790 g/mol. The van der Waals surface area contributed by atoms with Crippen LogP contribution in [0.1, 0.15) is 155 Å². The number of carbonyl (C=O) groups is 2. The first-order chi connectivity index (χ1) is 26.8. The van der Waals surface area contributed by atoms with Crippen molar-refractivity contribution >= 4 is 19.8 Å². The highest BCUT2D eigenvalue weighted by Crippen LogP contribution is 2.43. The minimum atomic E-state index is -4.37. The molecule has 0 spiro atoms. The first-order valence-electron chi connectivity index (χ1n) is 21.1. The van der Waals surface area contributed by atoms with E-state index < -0.39 is 32.5 Å². The Kier molecular flexibility index (Phi) is 38.8. The summed E-state index contributed by atoms with van der Waals surface area (Å²) in [5.74, 6) is -0.864. The van der Waals surface area contributed by atoms with Crippen molar-refractivity contribution in [1.29, 1.82) is 0 Å². The molecule has 0 saturated heterocycles. The van der Waals surface area contributed by atoms with E-state index in [0.29, 0.717) is 6.42 Å². The normalized spacial score (nSPS) is 14.2. The molecule has 0 bridgehead atoms. The maximum absolute atomic E-state index is 12.5. The smallest absolute Gasteiger partial charge is 0.462 e. The molecule has 3 N–H and O–H groups in total. The Morgan fingerprint density at radius 2 is 1.00 bits per heavy atom. The Balaban J connectivity index is 4.00. The molecule has 0 heterocycles. The molecule has 0 aliphatic rings. The van der Waals surface area contributed by atoms with Crippen LogP contribution in [-0.2, 0) is 32.7 Å². The predicted octanol–water partition coefficient (Wildman–Crippen LogP) is 12.0. The van der Waals surface area contributed by atoms with E-state index in [1.807, 2.05) is 0 Å². The lowest BCUT2D eigenvalue weighted by atomic mass is 10.1. The van der Waals surface area contributed by atoms with Gasteiger partial charge >= 0.3 is 19.8 Å². The van der Waals surface area contributed by atoms with Crippen molar-refractivity contribution in [2.24, 2.45) is 5.73 Å². The molecule has 314 valence electrons. The van der Waals surface area contributed by atoms with Crippen LogP contribution in [-0.4, -0.2) is 49.3 Å². The topological polar surface area (TPSA) is 134 Å². The van der Waals surface area contributed by atoms with Crippen LogP contribution >= 0.6 is 7.82 Å². The van der Waals surface area contributed by atoms with Gasteiger partial charge in [-0.1, -0.05) is 157 Å². The molecular weight excluding hydrogens is 713 g/mol. The van der Waals surface area contributed by atoms with Crippen LogP contribution in [0.5, 0.6) is 0 Å². The third-order valence-corrected chi connectivity index (χ3v) is 9.28. The number of rotatable bonds is 38. The number of hydrogen-bond donors (Lipinski definition) is 2. The van der Waals surface area contributed by atoms with Gasteiger partial charge in [0, 0.05) is 19.4 Å². The van der Waals surface area contributed by atoms with Gasteiger partial charge in [-0.2, -0.15) is 0 Å². The summed E-state index contributed by atoms with van der Waals surface area (Å²) in [5.41, 5.74) is 5.32. The van der Waals surface area contributed by atoms with Crippen molar-refractivity contribution in [2.75, 3.05) is 26.4 Å². The number of hydrogen-bond acceptors (Lipinski definition) is 8. The highest BCUT2D eigenvalue weighted by atomic mass is 31.2. The summed E-state index contributed by atoms with van der Waals surface area (Å²) in [5, 5.41) is 0. The third-order valence-electron chi connectivity index (χ3n) is 8.30. The lowest BCUT2D eigenvalue weighted by molar-refractivity contribution is -0.161. The number of allylic oxidation sites excluding steroid dienone is 14. The van der Waals surface area contributed by atoms with Crippen LogP contribution in [0.3, 0.4) is 0 Å². The second kappa shape index (κ2) is 40.8. The van der Waals surface area contributed by atoms with Crippen molar-refractivity contribution < 1.29 is 37.6 Å². The van der Waals surface area contributed by atoms with E-state index in [2.05, 4.69) is 98.9 Å². The second-order valence-corrected chi connectivity index (χ2v) is 14.9. The van der Waals surface area contributed by atoms with Gasteiger partial charge in [0.05, 0.1) is 13.2 Å². The van der Waals surface area contributed by atoms with Crippen molar-refractivity contribution in [1.82, 2.24) is 0 Å². The zero-order chi connectivity index (χ0) is 40.3. The Morgan fingerprint density at radius 1 is 0.564 bits per heavy atom. The maximum Gasteiger partial charge on any atom is 0.472 e. The van der Waals surface area contributed by atoms with Crippen LogP contribution in [0.15, 0.2) is 85.1 Å². The molecule has 0 radical (unpaired) electrons. The molecule has 10 heteroatoms. The summed E-state index contributed by atoms with van der Waals surface area (Å²) in [4.78, 5) is 34.5. The number of nitrogens with two attached hydrogens (primary N) is 1. The monoisotopic (exact) mass is 790 g/mol. The number of phosphoric acid groups is 1.